The largest absolute Gasteiger partial charge is 0.469 e. The monoisotopic (exact) mass is 214 g/mol. The standard InChI is InChI=1S/C10H18N2O3/c1-15-10(14)3-5-12-9(13)6-8-2-4-11-7-8/h8,11H,2-7H2,1H3,(H,12,13). The summed E-state index contributed by atoms with van der Waals surface area (Å²) in [6.45, 7) is 2.29. The zero-order chi connectivity index (χ0) is 11.1. The minimum atomic E-state index is -0.294. The van der Waals surface area contributed by atoms with Gasteiger partial charge in [-0.3, -0.25) is 9.59 Å². The van der Waals surface area contributed by atoms with E-state index in [4.69, 9.17) is 0 Å². The van der Waals surface area contributed by atoms with E-state index in [0.717, 1.165) is 19.5 Å². The van der Waals surface area contributed by atoms with Crippen LogP contribution in [0.15, 0.2) is 0 Å². The maximum atomic E-state index is 11.4. The first-order valence-electron chi connectivity index (χ1n) is 5.26. The molecule has 1 fully saturated rings. The van der Waals surface area contributed by atoms with Crippen molar-refractivity contribution < 1.29 is 14.3 Å². The Kier molecular flexibility index (Phi) is 5.10. The Labute approximate surface area is 89.6 Å². The van der Waals surface area contributed by atoms with Gasteiger partial charge in [0.2, 0.25) is 5.91 Å². The molecule has 0 radical (unpaired) electrons. The molecule has 0 aliphatic carbocycles. The van der Waals surface area contributed by atoms with E-state index in [9.17, 15) is 9.59 Å². The molecule has 1 amide bonds. The predicted molar refractivity (Wildman–Crippen MR) is 55.2 cm³/mol. The third kappa shape index (κ3) is 4.78. The lowest BCUT2D eigenvalue weighted by Crippen LogP contribution is -2.28. The van der Waals surface area contributed by atoms with E-state index in [1.165, 1.54) is 7.11 Å². The first-order valence-corrected chi connectivity index (χ1v) is 5.26. The fraction of sp³-hybridized carbons (Fsp3) is 0.800. The summed E-state index contributed by atoms with van der Waals surface area (Å²) in [7, 11) is 1.34. The molecule has 1 aliphatic heterocycles. The molecular formula is C10H18N2O3. The molecule has 1 rings (SSSR count). The molecular weight excluding hydrogens is 196 g/mol. The highest BCUT2D eigenvalue weighted by Gasteiger charge is 2.17. The molecule has 1 aliphatic rings. The Bertz CT molecular complexity index is 225. The normalized spacial score (nSPS) is 19.9. The maximum absolute atomic E-state index is 11.4. The SMILES string of the molecule is COC(=O)CCNC(=O)CC1CCNC1. The molecule has 1 saturated heterocycles. The number of esters is 1. The molecule has 1 unspecified atom stereocenters. The van der Waals surface area contributed by atoms with Gasteiger partial charge in [0.25, 0.3) is 0 Å². The zero-order valence-corrected chi connectivity index (χ0v) is 9.04. The molecule has 86 valence electrons. The second-order valence-electron chi connectivity index (χ2n) is 3.74. The number of ether oxygens (including phenoxy) is 1. The summed E-state index contributed by atoms with van der Waals surface area (Å²) in [6.07, 6.45) is 1.85. The number of carbonyl (C=O) groups excluding carboxylic acids is 2. The zero-order valence-electron chi connectivity index (χ0n) is 9.04. The lowest BCUT2D eigenvalue weighted by atomic mass is 10.0. The van der Waals surface area contributed by atoms with Gasteiger partial charge in [-0.25, -0.2) is 0 Å². The summed E-state index contributed by atoms with van der Waals surface area (Å²) in [5.41, 5.74) is 0. The molecule has 0 aromatic rings. The first kappa shape index (κ1) is 12.0. The summed E-state index contributed by atoms with van der Waals surface area (Å²) in [5, 5.41) is 5.91. The number of rotatable bonds is 5. The summed E-state index contributed by atoms with van der Waals surface area (Å²) in [6, 6.07) is 0. The van der Waals surface area contributed by atoms with Gasteiger partial charge in [-0.05, 0) is 25.4 Å². The molecule has 0 aromatic heterocycles. The number of methoxy groups -OCH3 is 1. The van der Waals surface area contributed by atoms with E-state index < -0.39 is 0 Å². The average Bonchev–Trinajstić information content (AvgIpc) is 2.70. The van der Waals surface area contributed by atoms with Gasteiger partial charge in [0.05, 0.1) is 13.5 Å². The van der Waals surface area contributed by atoms with Crippen molar-refractivity contribution >= 4 is 11.9 Å². The van der Waals surface area contributed by atoms with Crippen molar-refractivity contribution in [2.75, 3.05) is 26.7 Å². The molecule has 15 heavy (non-hydrogen) atoms. The van der Waals surface area contributed by atoms with Crippen LogP contribution in [0.4, 0.5) is 0 Å². The molecule has 2 N–H and O–H groups in total. The molecule has 0 aromatic carbocycles. The average molecular weight is 214 g/mol. The molecule has 0 bridgehead atoms. The van der Waals surface area contributed by atoms with E-state index in [2.05, 4.69) is 15.4 Å². The molecule has 5 nitrogen and oxygen atoms in total. The Morgan fingerprint density at radius 1 is 1.53 bits per heavy atom. The number of hydrogen-bond donors (Lipinski definition) is 2. The van der Waals surface area contributed by atoms with Gasteiger partial charge < -0.3 is 15.4 Å². The number of carbonyl (C=O) groups is 2. The maximum Gasteiger partial charge on any atom is 0.307 e. The topological polar surface area (TPSA) is 67.4 Å². The van der Waals surface area contributed by atoms with Gasteiger partial charge in [0, 0.05) is 13.0 Å². The molecule has 1 heterocycles. The van der Waals surface area contributed by atoms with Crippen LogP contribution in [0, 0.1) is 5.92 Å². The van der Waals surface area contributed by atoms with Crippen LogP contribution in [0.2, 0.25) is 0 Å². The van der Waals surface area contributed by atoms with Crippen LogP contribution in [-0.2, 0) is 14.3 Å². The third-order valence-electron chi connectivity index (χ3n) is 2.52. The van der Waals surface area contributed by atoms with Crippen LogP contribution in [-0.4, -0.2) is 38.6 Å². The molecule has 1 atom stereocenters. The van der Waals surface area contributed by atoms with Crippen LogP contribution >= 0.6 is 0 Å². The van der Waals surface area contributed by atoms with Crippen LogP contribution in [0.1, 0.15) is 19.3 Å². The molecule has 0 saturated carbocycles. The second-order valence-corrected chi connectivity index (χ2v) is 3.74. The summed E-state index contributed by atoms with van der Waals surface area (Å²) >= 11 is 0. The van der Waals surface area contributed by atoms with Crippen LogP contribution in [0.5, 0.6) is 0 Å². The van der Waals surface area contributed by atoms with E-state index in [0.29, 0.717) is 18.9 Å². The Morgan fingerprint density at radius 3 is 2.93 bits per heavy atom. The van der Waals surface area contributed by atoms with Crippen molar-refractivity contribution in [3.63, 3.8) is 0 Å². The van der Waals surface area contributed by atoms with Gasteiger partial charge in [-0.1, -0.05) is 0 Å². The fourth-order valence-electron chi connectivity index (χ4n) is 1.63. The van der Waals surface area contributed by atoms with E-state index >= 15 is 0 Å². The van der Waals surface area contributed by atoms with Gasteiger partial charge >= 0.3 is 5.97 Å². The highest BCUT2D eigenvalue weighted by atomic mass is 16.5. The third-order valence-corrected chi connectivity index (χ3v) is 2.52. The van der Waals surface area contributed by atoms with E-state index in [-0.39, 0.29) is 18.3 Å². The Hall–Kier alpha value is -1.10. The number of nitrogens with one attached hydrogen (secondary N) is 2. The lowest BCUT2D eigenvalue weighted by molar-refractivity contribution is -0.140. The van der Waals surface area contributed by atoms with Gasteiger partial charge in [-0.15, -0.1) is 0 Å². The fourth-order valence-corrected chi connectivity index (χ4v) is 1.63. The van der Waals surface area contributed by atoms with Crippen LogP contribution < -0.4 is 10.6 Å². The van der Waals surface area contributed by atoms with Crippen molar-refractivity contribution in [3.8, 4) is 0 Å². The molecule has 5 heteroatoms. The highest BCUT2D eigenvalue weighted by Crippen LogP contribution is 2.11. The quantitative estimate of drug-likeness (QED) is 0.615. The van der Waals surface area contributed by atoms with Crippen molar-refractivity contribution in [1.82, 2.24) is 10.6 Å². The van der Waals surface area contributed by atoms with Crippen molar-refractivity contribution in [1.29, 1.82) is 0 Å². The van der Waals surface area contributed by atoms with Crippen LogP contribution in [0.3, 0.4) is 0 Å². The van der Waals surface area contributed by atoms with Crippen molar-refractivity contribution in [3.05, 3.63) is 0 Å². The van der Waals surface area contributed by atoms with Crippen molar-refractivity contribution in [2.45, 2.75) is 19.3 Å². The number of amides is 1. The summed E-state index contributed by atoms with van der Waals surface area (Å²) in [5.74, 6) is 0.175. The minimum Gasteiger partial charge on any atom is -0.469 e. The second kappa shape index (κ2) is 6.40. The summed E-state index contributed by atoms with van der Waals surface area (Å²) in [4.78, 5) is 22.1. The van der Waals surface area contributed by atoms with Gasteiger partial charge in [0.15, 0.2) is 0 Å². The smallest absolute Gasteiger partial charge is 0.307 e. The predicted octanol–water partition coefficient (Wildman–Crippen LogP) is -0.335. The lowest BCUT2D eigenvalue weighted by Gasteiger charge is -2.08. The number of hydrogen-bond acceptors (Lipinski definition) is 4. The van der Waals surface area contributed by atoms with E-state index in [1.807, 2.05) is 0 Å². The minimum absolute atomic E-state index is 0.0209. The van der Waals surface area contributed by atoms with Crippen LogP contribution in [0.25, 0.3) is 0 Å². The summed E-state index contributed by atoms with van der Waals surface area (Å²) < 4.78 is 4.47. The van der Waals surface area contributed by atoms with Gasteiger partial charge in [-0.2, -0.15) is 0 Å². The van der Waals surface area contributed by atoms with Crippen molar-refractivity contribution in [2.24, 2.45) is 5.92 Å². The van der Waals surface area contributed by atoms with E-state index in [1.54, 1.807) is 0 Å². The highest BCUT2D eigenvalue weighted by molar-refractivity contribution is 5.77. The van der Waals surface area contributed by atoms with Gasteiger partial charge in [0.1, 0.15) is 0 Å². The first-order chi connectivity index (χ1) is 7.22. The molecule has 0 spiro atoms. The Morgan fingerprint density at radius 2 is 2.33 bits per heavy atom. The Balaban J connectivity index is 2.05.